The molecule has 0 heterocycles. The number of carbonyl (C=O) groups excluding carboxylic acids is 2. The molecule has 1 rings (SSSR count). The van der Waals surface area contributed by atoms with Crippen LogP contribution >= 0.6 is 0 Å². The van der Waals surface area contributed by atoms with Gasteiger partial charge in [-0.05, 0) is 11.8 Å². The van der Waals surface area contributed by atoms with Crippen molar-refractivity contribution < 1.29 is 19.5 Å². The third-order valence-corrected chi connectivity index (χ3v) is 2.43. The monoisotopic (exact) mass is 226 g/mol. The number of carbonyl (C=O) groups is 3. The Bertz CT molecular complexity index is 360. The van der Waals surface area contributed by atoms with Crippen molar-refractivity contribution in [2.75, 3.05) is 0 Å². The number of hydrogen-bond acceptors (Lipinski definition) is 3. The fraction of sp³-hybridized carbons (Fsp3) is 0.500. The summed E-state index contributed by atoms with van der Waals surface area (Å²) in [7, 11) is 0. The Morgan fingerprint density at radius 1 is 1.31 bits per heavy atom. The lowest BCUT2D eigenvalue weighted by molar-refractivity contribution is -0.131. The number of hydrogen-bond donors (Lipinski definition) is 3. The van der Waals surface area contributed by atoms with Gasteiger partial charge in [0.15, 0.2) is 0 Å². The molecule has 1 unspecified atom stereocenters. The molecule has 0 aromatic heterocycles. The molecule has 0 saturated heterocycles. The number of rotatable bonds is 3. The molecule has 3 amide bonds. The molecule has 1 saturated carbocycles. The van der Waals surface area contributed by atoms with Crippen LogP contribution < -0.4 is 10.6 Å². The normalized spacial score (nSPS) is 21.5. The van der Waals surface area contributed by atoms with Gasteiger partial charge in [0.25, 0.3) is 5.91 Å². The molecule has 6 nitrogen and oxygen atoms in total. The molecule has 0 spiro atoms. The molecule has 1 aliphatic rings. The first kappa shape index (κ1) is 12.2. The number of urea groups is 1. The molecule has 0 aliphatic heterocycles. The zero-order valence-electron chi connectivity index (χ0n) is 9.11. The predicted octanol–water partition coefficient (Wildman–Crippen LogP) is 0.251. The minimum atomic E-state index is -1.24. The van der Waals surface area contributed by atoms with Gasteiger partial charge in [-0.3, -0.25) is 10.1 Å². The van der Waals surface area contributed by atoms with Gasteiger partial charge in [0, 0.05) is 18.2 Å². The molecule has 0 bridgehead atoms. The Hall–Kier alpha value is -1.85. The van der Waals surface area contributed by atoms with Crippen LogP contribution in [0.1, 0.15) is 20.3 Å². The highest BCUT2D eigenvalue weighted by Gasteiger charge is 2.46. The van der Waals surface area contributed by atoms with E-state index in [1.165, 1.54) is 0 Å². The van der Waals surface area contributed by atoms with Crippen molar-refractivity contribution in [2.24, 2.45) is 5.41 Å². The van der Waals surface area contributed by atoms with Gasteiger partial charge in [-0.25, -0.2) is 9.59 Å². The van der Waals surface area contributed by atoms with E-state index in [0.29, 0.717) is 6.08 Å². The Morgan fingerprint density at radius 2 is 1.88 bits per heavy atom. The molecule has 3 N–H and O–H groups in total. The van der Waals surface area contributed by atoms with Crippen molar-refractivity contribution in [3.63, 3.8) is 0 Å². The molecule has 6 heteroatoms. The fourth-order valence-corrected chi connectivity index (χ4v) is 1.21. The zero-order chi connectivity index (χ0) is 12.3. The summed E-state index contributed by atoms with van der Waals surface area (Å²) < 4.78 is 0. The van der Waals surface area contributed by atoms with Gasteiger partial charge in [-0.1, -0.05) is 13.8 Å². The molecule has 1 aliphatic carbocycles. The Morgan fingerprint density at radius 3 is 2.31 bits per heavy atom. The highest BCUT2D eigenvalue weighted by molar-refractivity contribution is 6.02. The topological polar surface area (TPSA) is 95.5 Å². The minimum Gasteiger partial charge on any atom is -0.478 e. The van der Waals surface area contributed by atoms with Crippen molar-refractivity contribution in [3.05, 3.63) is 12.2 Å². The summed E-state index contributed by atoms with van der Waals surface area (Å²) in [6.45, 7) is 4.01. The Balaban J connectivity index is 2.30. The smallest absolute Gasteiger partial charge is 0.328 e. The van der Waals surface area contributed by atoms with Crippen molar-refractivity contribution in [1.29, 1.82) is 0 Å². The Kier molecular flexibility index (Phi) is 3.31. The molecule has 0 aromatic carbocycles. The van der Waals surface area contributed by atoms with Crippen LogP contribution in [0, 0.1) is 5.41 Å². The second-order valence-electron chi connectivity index (χ2n) is 4.38. The van der Waals surface area contributed by atoms with Crippen molar-refractivity contribution in [1.82, 2.24) is 10.6 Å². The van der Waals surface area contributed by atoms with Crippen LogP contribution in [-0.4, -0.2) is 29.1 Å². The first-order chi connectivity index (χ1) is 7.31. The second-order valence-corrected chi connectivity index (χ2v) is 4.38. The number of carboxylic acids is 1. The average Bonchev–Trinajstić information content (AvgIpc) is 2.69. The highest BCUT2D eigenvalue weighted by atomic mass is 16.4. The van der Waals surface area contributed by atoms with Crippen molar-refractivity contribution >= 4 is 17.9 Å². The summed E-state index contributed by atoms with van der Waals surface area (Å²) in [4.78, 5) is 32.3. The molecule has 16 heavy (non-hydrogen) atoms. The van der Waals surface area contributed by atoms with Gasteiger partial charge >= 0.3 is 12.0 Å². The first-order valence-electron chi connectivity index (χ1n) is 4.84. The molecule has 88 valence electrons. The van der Waals surface area contributed by atoms with Crippen LogP contribution in [0.5, 0.6) is 0 Å². The van der Waals surface area contributed by atoms with E-state index in [1.807, 2.05) is 19.2 Å². The molecule has 0 radical (unpaired) electrons. The zero-order valence-corrected chi connectivity index (χ0v) is 9.11. The maximum absolute atomic E-state index is 11.2. The van der Waals surface area contributed by atoms with Gasteiger partial charge < -0.3 is 10.4 Å². The van der Waals surface area contributed by atoms with E-state index >= 15 is 0 Å². The SMILES string of the molecule is CC1(C)CC1NC(=O)NC(=O)C=CC(=O)O. The maximum atomic E-state index is 11.2. The number of nitrogens with one attached hydrogen (secondary N) is 2. The van der Waals surface area contributed by atoms with E-state index in [1.54, 1.807) is 0 Å². The summed E-state index contributed by atoms with van der Waals surface area (Å²) in [5, 5.41) is 12.9. The van der Waals surface area contributed by atoms with Crippen LogP contribution in [0.2, 0.25) is 0 Å². The molecular formula is C10H14N2O4. The number of aliphatic carboxylic acids is 1. The van der Waals surface area contributed by atoms with Crippen LogP contribution in [0.3, 0.4) is 0 Å². The molecular weight excluding hydrogens is 212 g/mol. The van der Waals surface area contributed by atoms with E-state index in [0.717, 1.165) is 12.5 Å². The van der Waals surface area contributed by atoms with Crippen molar-refractivity contribution in [2.45, 2.75) is 26.3 Å². The summed E-state index contributed by atoms with van der Waals surface area (Å²) in [5.74, 6) is -1.99. The van der Waals surface area contributed by atoms with Gasteiger partial charge in [-0.2, -0.15) is 0 Å². The number of amides is 3. The summed E-state index contributed by atoms with van der Waals surface area (Å²) >= 11 is 0. The third kappa shape index (κ3) is 3.72. The Labute approximate surface area is 92.7 Å². The van der Waals surface area contributed by atoms with Gasteiger partial charge in [-0.15, -0.1) is 0 Å². The third-order valence-electron chi connectivity index (χ3n) is 2.43. The summed E-state index contributed by atoms with van der Waals surface area (Å²) in [6, 6.07) is -0.528. The summed E-state index contributed by atoms with van der Waals surface area (Å²) in [6.07, 6.45) is 2.34. The lowest BCUT2D eigenvalue weighted by Crippen LogP contribution is -2.40. The lowest BCUT2D eigenvalue weighted by atomic mass is 10.2. The lowest BCUT2D eigenvalue weighted by Gasteiger charge is -2.06. The summed E-state index contributed by atoms with van der Waals surface area (Å²) in [5.41, 5.74) is 0.0806. The van der Waals surface area contributed by atoms with E-state index in [2.05, 4.69) is 5.32 Å². The molecule has 0 aromatic rings. The fourth-order valence-electron chi connectivity index (χ4n) is 1.21. The van der Waals surface area contributed by atoms with Crippen molar-refractivity contribution in [3.8, 4) is 0 Å². The van der Waals surface area contributed by atoms with E-state index in [4.69, 9.17) is 5.11 Å². The van der Waals surface area contributed by atoms with Crippen LogP contribution in [-0.2, 0) is 9.59 Å². The quantitative estimate of drug-likeness (QED) is 0.601. The minimum absolute atomic E-state index is 0.0729. The van der Waals surface area contributed by atoms with Crippen LogP contribution in [0.25, 0.3) is 0 Å². The highest BCUT2D eigenvalue weighted by Crippen LogP contribution is 2.44. The largest absolute Gasteiger partial charge is 0.478 e. The first-order valence-corrected chi connectivity index (χ1v) is 4.84. The van der Waals surface area contributed by atoms with E-state index in [-0.39, 0.29) is 11.5 Å². The number of carboxylic acid groups (broad SMARTS) is 1. The van der Waals surface area contributed by atoms with Gasteiger partial charge in [0.05, 0.1) is 0 Å². The van der Waals surface area contributed by atoms with Crippen LogP contribution in [0.15, 0.2) is 12.2 Å². The standard InChI is InChI=1S/C10H14N2O4/c1-10(2)5-6(10)11-9(16)12-7(13)3-4-8(14)15/h3-4,6H,5H2,1-2H3,(H,14,15)(H2,11,12,13,16). The molecule has 1 fully saturated rings. The molecule has 1 atom stereocenters. The predicted molar refractivity (Wildman–Crippen MR) is 55.6 cm³/mol. The maximum Gasteiger partial charge on any atom is 0.328 e. The van der Waals surface area contributed by atoms with Gasteiger partial charge in [0.1, 0.15) is 0 Å². The average molecular weight is 226 g/mol. The van der Waals surface area contributed by atoms with E-state index in [9.17, 15) is 14.4 Å². The van der Waals surface area contributed by atoms with E-state index < -0.39 is 17.9 Å². The second kappa shape index (κ2) is 4.34. The van der Waals surface area contributed by atoms with Gasteiger partial charge in [0.2, 0.25) is 0 Å². The van der Waals surface area contributed by atoms with Crippen LogP contribution in [0.4, 0.5) is 4.79 Å². The number of imide groups is 1.